The normalized spacial score (nSPS) is 16.3. The zero-order chi connectivity index (χ0) is 17.3. The van der Waals surface area contributed by atoms with Crippen molar-refractivity contribution in [3.05, 3.63) is 36.3 Å². The number of aliphatic imine (C=N–C) groups is 1. The predicted octanol–water partition coefficient (Wildman–Crippen LogP) is 0.764. The van der Waals surface area contributed by atoms with Gasteiger partial charge in [0, 0.05) is 51.5 Å². The van der Waals surface area contributed by atoms with Crippen LogP contribution < -0.4 is 10.6 Å². The van der Waals surface area contributed by atoms with Crippen molar-refractivity contribution in [2.45, 2.75) is 13.3 Å². The van der Waals surface area contributed by atoms with E-state index in [1.54, 1.807) is 0 Å². The predicted molar refractivity (Wildman–Crippen MR) is 100 cm³/mol. The van der Waals surface area contributed by atoms with E-state index in [1.807, 2.05) is 24.4 Å². The zero-order valence-electron chi connectivity index (χ0n) is 14.9. The largest absolute Gasteiger partial charge is 0.379 e. The molecule has 0 amide bonds. The molecule has 2 aromatic rings. The van der Waals surface area contributed by atoms with Gasteiger partial charge < -0.3 is 19.8 Å². The van der Waals surface area contributed by atoms with Gasteiger partial charge >= 0.3 is 0 Å². The second kappa shape index (κ2) is 9.39. The zero-order valence-corrected chi connectivity index (χ0v) is 14.9. The molecule has 3 rings (SSSR count). The van der Waals surface area contributed by atoms with Crippen LogP contribution in [-0.2, 0) is 11.2 Å². The molecule has 136 valence electrons. The molecular weight excluding hydrogens is 316 g/mol. The molecule has 0 bridgehead atoms. The van der Waals surface area contributed by atoms with E-state index in [0.29, 0.717) is 0 Å². The SMILES string of the molecule is CCNC(=NCCN1CCOCC1)NCCc1cn2ccccc2n1. The van der Waals surface area contributed by atoms with Crippen LogP contribution in [0.2, 0.25) is 0 Å². The quantitative estimate of drug-likeness (QED) is 0.574. The Morgan fingerprint density at radius 2 is 2.16 bits per heavy atom. The summed E-state index contributed by atoms with van der Waals surface area (Å²) in [7, 11) is 0. The summed E-state index contributed by atoms with van der Waals surface area (Å²) in [6.07, 6.45) is 4.98. The van der Waals surface area contributed by atoms with Gasteiger partial charge in [-0.3, -0.25) is 9.89 Å². The van der Waals surface area contributed by atoms with E-state index in [4.69, 9.17) is 4.74 Å². The van der Waals surface area contributed by atoms with Gasteiger partial charge in [-0.15, -0.1) is 0 Å². The van der Waals surface area contributed by atoms with E-state index in [1.165, 1.54) is 0 Å². The maximum absolute atomic E-state index is 5.37. The molecule has 25 heavy (non-hydrogen) atoms. The molecule has 0 aliphatic carbocycles. The lowest BCUT2D eigenvalue weighted by molar-refractivity contribution is 0.0394. The molecule has 7 heteroatoms. The highest BCUT2D eigenvalue weighted by molar-refractivity contribution is 5.79. The fourth-order valence-corrected chi connectivity index (χ4v) is 2.89. The minimum Gasteiger partial charge on any atom is -0.379 e. The Morgan fingerprint density at radius 1 is 1.28 bits per heavy atom. The molecule has 7 nitrogen and oxygen atoms in total. The maximum atomic E-state index is 5.37. The lowest BCUT2D eigenvalue weighted by Crippen LogP contribution is -2.40. The minimum atomic E-state index is 0.795. The van der Waals surface area contributed by atoms with E-state index < -0.39 is 0 Å². The van der Waals surface area contributed by atoms with Crippen LogP contribution in [-0.4, -0.2) is 72.7 Å². The number of imidazole rings is 1. The van der Waals surface area contributed by atoms with E-state index in [-0.39, 0.29) is 0 Å². The van der Waals surface area contributed by atoms with Crippen LogP contribution in [0.5, 0.6) is 0 Å². The number of ether oxygens (including phenoxy) is 1. The van der Waals surface area contributed by atoms with Crippen LogP contribution in [0.15, 0.2) is 35.6 Å². The van der Waals surface area contributed by atoms with Crippen molar-refractivity contribution in [1.29, 1.82) is 0 Å². The van der Waals surface area contributed by atoms with Gasteiger partial charge in [-0.25, -0.2) is 4.98 Å². The van der Waals surface area contributed by atoms with Gasteiger partial charge in [-0.05, 0) is 19.1 Å². The number of nitrogens with one attached hydrogen (secondary N) is 2. The van der Waals surface area contributed by atoms with Crippen LogP contribution in [0.1, 0.15) is 12.6 Å². The van der Waals surface area contributed by atoms with Gasteiger partial charge in [-0.1, -0.05) is 6.07 Å². The topological polar surface area (TPSA) is 66.2 Å². The van der Waals surface area contributed by atoms with E-state index >= 15 is 0 Å². The van der Waals surface area contributed by atoms with Crippen molar-refractivity contribution in [1.82, 2.24) is 24.9 Å². The van der Waals surface area contributed by atoms with Crippen molar-refractivity contribution in [2.75, 3.05) is 52.5 Å². The molecule has 0 atom stereocenters. The summed E-state index contributed by atoms with van der Waals surface area (Å²) in [6, 6.07) is 6.05. The average molecular weight is 344 g/mol. The van der Waals surface area contributed by atoms with Gasteiger partial charge in [0.2, 0.25) is 0 Å². The van der Waals surface area contributed by atoms with Crippen LogP contribution in [0, 0.1) is 0 Å². The smallest absolute Gasteiger partial charge is 0.191 e. The first-order valence-electron chi connectivity index (χ1n) is 9.10. The van der Waals surface area contributed by atoms with Crippen LogP contribution in [0.3, 0.4) is 0 Å². The van der Waals surface area contributed by atoms with Crippen molar-refractivity contribution in [2.24, 2.45) is 4.99 Å². The van der Waals surface area contributed by atoms with E-state index in [0.717, 1.165) is 76.2 Å². The fraction of sp³-hybridized carbons (Fsp3) is 0.556. The third kappa shape index (κ3) is 5.44. The molecular formula is C18H28N6O. The van der Waals surface area contributed by atoms with E-state index in [9.17, 15) is 0 Å². The second-order valence-electron chi connectivity index (χ2n) is 6.09. The van der Waals surface area contributed by atoms with Gasteiger partial charge in [-0.2, -0.15) is 0 Å². The summed E-state index contributed by atoms with van der Waals surface area (Å²) < 4.78 is 7.43. The molecule has 2 aromatic heterocycles. The number of guanidine groups is 1. The van der Waals surface area contributed by atoms with Gasteiger partial charge in [0.15, 0.2) is 5.96 Å². The highest BCUT2D eigenvalue weighted by atomic mass is 16.5. The number of hydrogen-bond acceptors (Lipinski definition) is 4. The molecule has 3 heterocycles. The molecule has 0 saturated carbocycles. The first-order valence-corrected chi connectivity index (χ1v) is 9.10. The van der Waals surface area contributed by atoms with E-state index in [2.05, 4.69) is 43.0 Å². The second-order valence-corrected chi connectivity index (χ2v) is 6.09. The minimum absolute atomic E-state index is 0.795. The molecule has 2 N–H and O–H groups in total. The standard InChI is InChI=1S/C18H28N6O/c1-2-19-18(21-8-10-23-11-13-25-14-12-23)20-7-6-16-15-24-9-4-3-5-17(24)22-16/h3-5,9,15H,2,6-8,10-14H2,1H3,(H2,19,20,21). The average Bonchev–Trinajstić information content (AvgIpc) is 3.05. The monoisotopic (exact) mass is 344 g/mol. The Labute approximate surface area is 149 Å². The lowest BCUT2D eigenvalue weighted by Gasteiger charge is -2.25. The van der Waals surface area contributed by atoms with Gasteiger partial charge in [0.1, 0.15) is 5.65 Å². The van der Waals surface area contributed by atoms with Crippen molar-refractivity contribution in [3.63, 3.8) is 0 Å². The molecule has 0 radical (unpaired) electrons. The lowest BCUT2D eigenvalue weighted by atomic mass is 10.3. The number of pyridine rings is 1. The molecule has 0 spiro atoms. The Hall–Kier alpha value is -2.12. The first kappa shape index (κ1) is 17.7. The summed E-state index contributed by atoms with van der Waals surface area (Å²) >= 11 is 0. The Bertz CT molecular complexity index is 644. The van der Waals surface area contributed by atoms with Crippen molar-refractivity contribution < 1.29 is 4.74 Å². The number of aromatic nitrogens is 2. The number of hydrogen-bond donors (Lipinski definition) is 2. The summed E-state index contributed by atoms with van der Waals surface area (Å²) in [6.45, 7) is 9.21. The maximum Gasteiger partial charge on any atom is 0.191 e. The summed E-state index contributed by atoms with van der Waals surface area (Å²) in [4.78, 5) is 11.7. The third-order valence-electron chi connectivity index (χ3n) is 4.22. The number of fused-ring (bicyclic) bond motifs is 1. The molecule has 1 fully saturated rings. The Balaban J connectivity index is 1.44. The number of morpholine rings is 1. The first-order chi connectivity index (χ1) is 12.3. The molecule has 1 saturated heterocycles. The third-order valence-corrected chi connectivity index (χ3v) is 4.22. The molecule has 0 unspecified atom stereocenters. The van der Waals surface area contributed by atoms with Crippen LogP contribution >= 0.6 is 0 Å². The Morgan fingerprint density at radius 3 is 2.96 bits per heavy atom. The molecule has 0 aromatic carbocycles. The van der Waals surface area contributed by atoms with Crippen LogP contribution in [0.4, 0.5) is 0 Å². The van der Waals surface area contributed by atoms with Crippen molar-refractivity contribution >= 4 is 11.6 Å². The fourth-order valence-electron chi connectivity index (χ4n) is 2.89. The number of nitrogens with zero attached hydrogens (tertiary/aromatic N) is 4. The number of rotatable bonds is 7. The highest BCUT2D eigenvalue weighted by Crippen LogP contribution is 2.04. The summed E-state index contributed by atoms with van der Waals surface area (Å²) in [5.41, 5.74) is 2.08. The van der Waals surface area contributed by atoms with Crippen molar-refractivity contribution in [3.8, 4) is 0 Å². The summed E-state index contributed by atoms with van der Waals surface area (Å²) in [5, 5.41) is 6.70. The highest BCUT2D eigenvalue weighted by Gasteiger charge is 2.09. The Kier molecular flexibility index (Phi) is 6.64. The molecule has 1 aliphatic heterocycles. The van der Waals surface area contributed by atoms with Crippen LogP contribution in [0.25, 0.3) is 5.65 Å². The van der Waals surface area contributed by atoms with Gasteiger partial charge in [0.05, 0.1) is 25.5 Å². The summed E-state index contributed by atoms with van der Waals surface area (Å²) in [5.74, 6) is 0.875. The van der Waals surface area contributed by atoms with Gasteiger partial charge in [0.25, 0.3) is 0 Å². The molecule has 1 aliphatic rings.